The first-order chi connectivity index (χ1) is 7.83. The number of hydrogen-bond donors (Lipinski definition) is 1. The van der Waals surface area contributed by atoms with Gasteiger partial charge in [0.15, 0.2) is 5.58 Å². The molecule has 2 heterocycles. The maximum atomic E-state index is 13.0. The van der Waals surface area contributed by atoms with Gasteiger partial charge in [-0.15, -0.1) is 0 Å². The largest absolute Gasteiger partial charge is 0.423 e. The van der Waals surface area contributed by atoms with Gasteiger partial charge in [0.2, 0.25) is 0 Å². The van der Waals surface area contributed by atoms with E-state index >= 15 is 0 Å². The van der Waals surface area contributed by atoms with Crippen LogP contribution in [0, 0.1) is 5.82 Å². The maximum Gasteiger partial charge on any atom is 0.298 e. The summed E-state index contributed by atoms with van der Waals surface area (Å²) in [5, 5.41) is 3.26. The van der Waals surface area contributed by atoms with E-state index in [-0.39, 0.29) is 5.82 Å². The van der Waals surface area contributed by atoms with Crippen molar-refractivity contribution in [3.63, 3.8) is 0 Å². The molecule has 5 heteroatoms. The molecule has 0 unspecified atom stereocenters. The second-order valence-electron chi connectivity index (χ2n) is 3.85. The Balaban J connectivity index is 1.97. The van der Waals surface area contributed by atoms with Crippen LogP contribution in [-0.2, 0) is 0 Å². The zero-order valence-corrected chi connectivity index (χ0v) is 8.74. The lowest BCUT2D eigenvalue weighted by atomic mass is 10.3. The summed E-state index contributed by atoms with van der Waals surface area (Å²) < 4.78 is 18.6. The predicted octanol–water partition coefficient (Wildman–Crippen LogP) is 1.38. The average molecular weight is 221 g/mol. The Bertz CT molecular complexity index is 505. The van der Waals surface area contributed by atoms with E-state index in [0.29, 0.717) is 17.1 Å². The van der Waals surface area contributed by atoms with Crippen LogP contribution in [0.25, 0.3) is 11.1 Å². The lowest BCUT2D eigenvalue weighted by Crippen LogP contribution is -2.43. The van der Waals surface area contributed by atoms with Crippen molar-refractivity contribution in [3.05, 3.63) is 24.0 Å². The first-order valence-electron chi connectivity index (χ1n) is 5.35. The van der Waals surface area contributed by atoms with Crippen molar-refractivity contribution >= 4 is 17.1 Å². The molecule has 0 spiro atoms. The number of hydrogen-bond acceptors (Lipinski definition) is 4. The van der Waals surface area contributed by atoms with Crippen molar-refractivity contribution in [3.8, 4) is 0 Å². The lowest BCUT2D eigenvalue weighted by molar-refractivity contribution is 0.517. The highest BCUT2D eigenvalue weighted by Gasteiger charge is 2.16. The van der Waals surface area contributed by atoms with Gasteiger partial charge < -0.3 is 14.6 Å². The van der Waals surface area contributed by atoms with Crippen LogP contribution in [0.2, 0.25) is 0 Å². The van der Waals surface area contributed by atoms with Crippen LogP contribution >= 0.6 is 0 Å². The van der Waals surface area contributed by atoms with Gasteiger partial charge in [-0.25, -0.2) is 4.39 Å². The molecule has 1 aromatic heterocycles. The highest BCUT2D eigenvalue weighted by Crippen LogP contribution is 2.22. The number of oxazole rings is 1. The molecular weight excluding hydrogens is 209 g/mol. The maximum absolute atomic E-state index is 13.0. The van der Waals surface area contributed by atoms with E-state index in [1.165, 1.54) is 12.1 Å². The van der Waals surface area contributed by atoms with E-state index in [0.717, 1.165) is 26.2 Å². The Morgan fingerprint density at radius 3 is 2.94 bits per heavy atom. The number of fused-ring (bicyclic) bond motifs is 1. The molecule has 4 nitrogen and oxygen atoms in total. The van der Waals surface area contributed by atoms with Crippen molar-refractivity contribution in [1.82, 2.24) is 10.3 Å². The normalized spacial score (nSPS) is 16.9. The number of anilines is 1. The minimum atomic E-state index is -0.285. The summed E-state index contributed by atoms with van der Waals surface area (Å²) in [7, 11) is 0. The topological polar surface area (TPSA) is 41.3 Å². The van der Waals surface area contributed by atoms with Gasteiger partial charge in [-0.05, 0) is 12.1 Å². The highest BCUT2D eigenvalue weighted by atomic mass is 19.1. The van der Waals surface area contributed by atoms with E-state index in [2.05, 4.69) is 15.2 Å². The zero-order chi connectivity index (χ0) is 11.0. The van der Waals surface area contributed by atoms with E-state index in [4.69, 9.17) is 4.42 Å². The van der Waals surface area contributed by atoms with Crippen LogP contribution in [0.15, 0.2) is 22.6 Å². The molecule has 0 atom stereocenters. The molecule has 1 saturated heterocycles. The second-order valence-corrected chi connectivity index (χ2v) is 3.85. The Hall–Kier alpha value is -1.62. The minimum absolute atomic E-state index is 0.285. The number of rotatable bonds is 1. The SMILES string of the molecule is Fc1ccc2oc(N3CCNCC3)nc2c1. The van der Waals surface area contributed by atoms with Crippen molar-refractivity contribution < 1.29 is 8.81 Å². The summed E-state index contributed by atoms with van der Waals surface area (Å²) in [6, 6.07) is 4.98. The van der Waals surface area contributed by atoms with Crippen LogP contribution in [0.4, 0.5) is 10.4 Å². The van der Waals surface area contributed by atoms with Crippen LogP contribution in [0.3, 0.4) is 0 Å². The molecule has 1 aromatic carbocycles. The van der Waals surface area contributed by atoms with Crippen molar-refractivity contribution in [2.45, 2.75) is 0 Å². The summed E-state index contributed by atoms with van der Waals surface area (Å²) in [6.45, 7) is 3.59. The van der Waals surface area contributed by atoms with E-state index in [1.54, 1.807) is 6.07 Å². The van der Waals surface area contributed by atoms with Crippen LogP contribution in [0.1, 0.15) is 0 Å². The Labute approximate surface area is 92.1 Å². The molecule has 3 rings (SSSR count). The van der Waals surface area contributed by atoms with Crippen LogP contribution in [-0.4, -0.2) is 31.2 Å². The molecule has 1 fully saturated rings. The molecule has 2 aromatic rings. The first kappa shape index (κ1) is 9.59. The second kappa shape index (κ2) is 3.75. The molecule has 1 N–H and O–H groups in total. The lowest BCUT2D eigenvalue weighted by Gasteiger charge is -2.25. The third-order valence-corrected chi connectivity index (χ3v) is 2.73. The van der Waals surface area contributed by atoms with Crippen LogP contribution in [0.5, 0.6) is 0 Å². The summed E-state index contributed by atoms with van der Waals surface area (Å²) in [6.07, 6.45) is 0. The fourth-order valence-corrected chi connectivity index (χ4v) is 1.88. The Kier molecular flexibility index (Phi) is 2.25. The fourth-order valence-electron chi connectivity index (χ4n) is 1.88. The predicted molar refractivity (Wildman–Crippen MR) is 59.0 cm³/mol. The van der Waals surface area contributed by atoms with Gasteiger partial charge in [0, 0.05) is 32.2 Å². The van der Waals surface area contributed by atoms with Crippen molar-refractivity contribution in [1.29, 1.82) is 0 Å². The molecular formula is C11H12FN3O. The highest BCUT2D eigenvalue weighted by molar-refractivity contribution is 5.74. The monoisotopic (exact) mass is 221 g/mol. The fraction of sp³-hybridized carbons (Fsp3) is 0.364. The van der Waals surface area contributed by atoms with E-state index in [9.17, 15) is 4.39 Å². The number of aromatic nitrogens is 1. The molecule has 0 aliphatic carbocycles. The van der Waals surface area contributed by atoms with Gasteiger partial charge in [-0.1, -0.05) is 0 Å². The first-order valence-corrected chi connectivity index (χ1v) is 5.35. The van der Waals surface area contributed by atoms with Gasteiger partial charge in [0.25, 0.3) is 6.01 Å². The molecule has 0 radical (unpaired) electrons. The minimum Gasteiger partial charge on any atom is -0.423 e. The number of nitrogens with zero attached hydrogens (tertiary/aromatic N) is 2. The van der Waals surface area contributed by atoms with E-state index in [1.807, 2.05) is 0 Å². The smallest absolute Gasteiger partial charge is 0.298 e. The molecule has 1 aliphatic rings. The third kappa shape index (κ3) is 1.63. The van der Waals surface area contributed by atoms with Crippen molar-refractivity contribution in [2.24, 2.45) is 0 Å². The molecule has 0 amide bonds. The number of piperazine rings is 1. The standard InChI is InChI=1S/C11H12FN3O/c12-8-1-2-10-9(7-8)14-11(16-10)15-5-3-13-4-6-15/h1-2,7,13H,3-6H2. The molecule has 16 heavy (non-hydrogen) atoms. The number of halogens is 1. The zero-order valence-electron chi connectivity index (χ0n) is 8.74. The number of benzene rings is 1. The van der Waals surface area contributed by atoms with Crippen LogP contribution < -0.4 is 10.2 Å². The van der Waals surface area contributed by atoms with Gasteiger partial charge in [-0.2, -0.15) is 4.98 Å². The van der Waals surface area contributed by atoms with E-state index < -0.39 is 0 Å². The summed E-state index contributed by atoms with van der Waals surface area (Å²) in [5.74, 6) is -0.285. The summed E-state index contributed by atoms with van der Waals surface area (Å²) in [4.78, 5) is 6.35. The van der Waals surface area contributed by atoms with Gasteiger partial charge in [0.05, 0.1) is 0 Å². The molecule has 0 saturated carbocycles. The molecule has 84 valence electrons. The summed E-state index contributed by atoms with van der Waals surface area (Å²) >= 11 is 0. The molecule has 0 bridgehead atoms. The quantitative estimate of drug-likeness (QED) is 0.789. The number of nitrogens with one attached hydrogen (secondary N) is 1. The van der Waals surface area contributed by atoms with Gasteiger partial charge >= 0.3 is 0 Å². The van der Waals surface area contributed by atoms with Crippen molar-refractivity contribution in [2.75, 3.05) is 31.1 Å². The van der Waals surface area contributed by atoms with Gasteiger partial charge in [-0.3, -0.25) is 0 Å². The Morgan fingerprint density at radius 2 is 2.12 bits per heavy atom. The Morgan fingerprint density at radius 1 is 1.31 bits per heavy atom. The molecule has 1 aliphatic heterocycles. The average Bonchev–Trinajstić information content (AvgIpc) is 2.73. The summed E-state index contributed by atoms with van der Waals surface area (Å²) in [5.41, 5.74) is 1.21. The third-order valence-electron chi connectivity index (χ3n) is 2.73. The van der Waals surface area contributed by atoms with Gasteiger partial charge in [0.1, 0.15) is 11.3 Å².